The molecule has 1 saturated carbocycles. The molecule has 41 heavy (non-hydrogen) atoms. The Bertz CT molecular complexity index is 1400. The fourth-order valence-corrected chi connectivity index (χ4v) is 5.74. The second-order valence-corrected chi connectivity index (χ2v) is 11.6. The van der Waals surface area contributed by atoms with Crippen LogP contribution in [0.25, 0.3) is 0 Å². The third-order valence-electron chi connectivity index (χ3n) is 8.31. The molecule has 5 rings (SSSR count). The lowest BCUT2D eigenvalue weighted by Gasteiger charge is -2.38. The van der Waals surface area contributed by atoms with Crippen LogP contribution in [0.4, 0.5) is 30.2 Å². The molecule has 4 nitrogen and oxygen atoms in total. The van der Waals surface area contributed by atoms with Crippen molar-refractivity contribution < 1.29 is 13.2 Å². The highest BCUT2D eigenvalue weighted by molar-refractivity contribution is 6.02. The van der Waals surface area contributed by atoms with E-state index in [2.05, 4.69) is 52.9 Å². The van der Waals surface area contributed by atoms with E-state index < -0.39 is 11.7 Å². The number of benzene rings is 3. The first-order valence-corrected chi connectivity index (χ1v) is 14.5. The van der Waals surface area contributed by atoms with E-state index in [1.807, 2.05) is 18.2 Å². The number of anilines is 3. The number of aryl methyl sites for hydroxylation is 1. The fourth-order valence-electron chi connectivity index (χ4n) is 5.74. The average Bonchev–Trinajstić information content (AvgIpc) is 3.77. The summed E-state index contributed by atoms with van der Waals surface area (Å²) < 4.78 is 39.5. The van der Waals surface area contributed by atoms with Gasteiger partial charge in [-0.15, -0.1) is 0 Å². The lowest BCUT2D eigenvalue weighted by atomic mass is 9.92. The highest BCUT2D eigenvalue weighted by Gasteiger charge is 2.31. The predicted molar refractivity (Wildman–Crippen MR) is 162 cm³/mol. The lowest BCUT2D eigenvalue weighted by molar-refractivity contribution is -0.137. The average molecular weight is 561 g/mol. The van der Waals surface area contributed by atoms with E-state index in [4.69, 9.17) is 5.41 Å². The minimum absolute atomic E-state index is 0.346. The number of hydrogen-bond donors (Lipinski definition) is 2. The molecule has 1 heterocycles. The van der Waals surface area contributed by atoms with Gasteiger partial charge in [0.25, 0.3) is 0 Å². The summed E-state index contributed by atoms with van der Waals surface area (Å²) in [5, 5.41) is 11.4. The number of allylic oxidation sites excluding steroid dienone is 1. The number of para-hydroxylation sites is 1. The van der Waals surface area contributed by atoms with Crippen molar-refractivity contribution in [2.24, 2.45) is 11.8 Å². The van der Waals surface area contributed by atoms with Crippen LogP contribution in [0.1, 0.15) is 54.9 Å². The van der Waals surface area contributed by atoms with Gasteiger partial charge in [0.05, 0.1) is 5.56 Å². The van der Waals surface area contributed by atoms with E-state index in [1.165, 1.54) is 35.9 Å². The zero-order valence-electron chi connectivity index (χ0n) is 23.9. The van der Waals surface area contributed by atoms with E-state index in [-0.39, 0.29) is 0 Å². The van der Waals surface area contributed by atoms with E-state index in [0.29, 0.717) is 28.6 Å². The van der Waals surface area contributed by atoms with Gasteiger partial charge in [-0.2, -0.15) is 13.2 Å². The van der Waals surface area contributed by atoms with Crippen molar-refractivity contribution in [3.05, 3.63) is 101 Å². The second-order valence-electron chi connectivity index (χ2n) is 11.6. The van der Waals surface area contributed by atoms with Crippen LogP contribution >= 0.6 is 0 Å². The predicted octanol–water partition coefficient (Wildman–Crippen LogP) is 8.79. The number of rotatable bonds is 10. The Labute approximate surface area is 241 Å². The third-order valence-corrected chi connectivity index (χ3v) is 8.31. The Balaban J connectivity index is 1.23. The molecule has 0 atom stereocenters. The van der Waals surface area contributed by atoms with Crippen LogP contribution in [0, 0.1) is 24.2 Å². The van der Waals surface area contributed by atoms with Crippen molar-refractivity contribution >= 4 is 22.8 Å². The van der Waals surface area contributed by atoms with Gasteiger partial charge in [0.2, 0.25) is 0 Å². The van der Waals surface area contributed by atoms with Crippen molar-refractivity contribution in [2.75, 3.05) is 29.9 Å². The van der Waals surface area contributed by atoms with Crippen LogP contribution in [0.5, 0.6) is 0 Å². The van der Waals surface area contributed by atoms with E-state index in [0.717, 1.165) is 62.6 Å². The minimum Gasteiger partial charge on any atom is -0.355 e. The maximum absolute atomic E-state index is 13.2. The molecule has 0 radical (unpaired) electrons. The molecule has 0 amide bonds. The monoisotopic (exact) mass is 560 g/mol. The SMILES string of the molecule is C=C(C1CCN(Cc2ccc(Nc3cccc(C(F)(F)F)c3)c(C(C)=N)c2)CC1)N(CC1CC1)c1ccccc1C. The van der Waals surface area contributed by atoms with Crippen molar-refractivity contribution in [3.8, 4) is 0 Å². The first-order valence-electron chi connectivity index (χ1n) is 14.5. The largest absolute Gasteiger partial charge is 0.416 e. The van der Waals surface area contributed by atoms with Gasteiger partial charge in [-0.3, -0.25) is 4.90 Å². The topological polar surface area (TPSA) is 42.4 Å². The molecule has 2 aliphatic rings. The lowest BCUT2D eigenvalue weighted by Crippen LogP contribution is -2.37. The number of alkyl halides is 3. The molecule has 0 bridgehead atoms. The Morgan fingerprint density at radius 1 is 1.00 bits per heavy atom. The molecule has 0 spiro atoms. The summed E-state index contributed by atoms with van der Waals surface area (Å²) in [6, 6.07) is 19.6. The Morgan fingerprint density at radius 3 is 2.39 bits per heavy atom. The highest BCUT2D eigenvalue weighted by atomic mass is 19.4. The number of likely N-dealkylation sites (tertiary alicyclic amines) is 1. The maximum Gasteiger partial charge on any atom is 0.416 e. The summed E-state index contributed by atoms with van der Waals surface area (Å²) in [5.74, 6) is 1.21. The fraction of sp³-hybridized carbons (Fsp3) is 0.382. The first kappa shape index (κ1) is 28.9. The van der Waals surface area contributed by atoms with Gasteiger partial charge in [-0.05, 0) is 106 Å². The first-order chi connectivity index (χ1) is 19.6. The van der Waals surface area contributed by atoms with E-state index in [1.54, 1.807) is 13.0 Å². The van der Waals surface area contributed by atoms with E-state index >= 15 is 0 Å². The summed E-state index contributed by atoms with van der Waals surface area (Å²) in [6.07, 6.45) is 0.311. The van der Waals surface area contributed by atoms with Crippen LogP contribution in [-0.2, 0) is 12.7 Å². The minimum atomic E-state index is -4.41. The van der Waals surface area contributed by atoms with Gasteiger partial charge in [0.15, 0.2) is 0 Å². The zero-order chi connectivity index (χ0) is 29.1. The quantitative estimate of drug-likeness (QED) is 0.244. The molecule has 1 aliphatic carbocycles. The Morgan fingerprint density at radius 2 is 1.73 bits per heavy atom. The maximum atomic E-state index is 13.2. The molecule has 216 valence electrons. The summed E-state index contributed by atoms with van der Waals surface area (Å²) in [6.45, 7) is 12.2. The van der Waals surface area contributed by atoms with Crippen molar-refractivity contribution in [2.45, 2.75) is 52.3 Å². The third kappa shape index (κ3) is 7.20. The van der Waals surface area contributed by atoms with Crippen LogP contribution in [0.3, 0.4) is 0 Å². The molecular formula is C34H39F3N4. The zero-order valence-corrected chi connectivity index (χ0v) is 23.9. The van der Waals surface area contributed by atoms with Gasteiger partial charge in [-0.1, -0.05) is 36.9 Å². The van der Waals surface area contributed by atoms with Gasteiger partial charge in [0.1, 0.15) is 0 Å². The van der Waals surface area contributed by atoms with Crippen LogP contribution in [0.15, 0.2) is 79.0 Å². The van der Waals surface area contributed by atoms with Crippen molar-refractivity contribution in [1.82, 2.24) is 4.90 Å². The molecule has 2 N–H and O–H groups in total. The van der Waals surface area contributed by atoms with Gasteiger partial charge >= 0.3 is 6.18 Å². The number of piperidine rings is 1. The van der Waals surface area contributed by atoms with E-state index in [9.17, 15) is 13.2 Å². The molecule has 2 fully saturated rings. The number of hydrogen-bond acceptors (Lipinski definition) is 4. The normalized spacial score (nSPS) is 16.4. The number of nitrogens with one attached hydrogen (secondary N) is 2. The second kappa shape index (κ2) is 12.1. The molecule has 3 aromatic carbocycles. The highest BCUT2D eigenvalue weighted by Crippen LogP contribution is 2.37. The van der Waals surface area contributed by atoms with Gasteiger partial charge in [0, 0.05) is 53.0 Å². The summed E-state index contributed by atoms with van der Waals surface area (Å²) in [7, 11) is 0. The number of halogens is 3. The molecule has 3 aromatic rings. The molecule has 0 aromatic heterocycles. The molecule has 0 unspecified atom stereocenters. The molecule has 7 heteroatoms. The number of nitrogens with zero attached hydrogens (tertiary/aromatic N) is 2. The van der Waals surface area contributed by atoms with Gasteiger partial charge in [-0.25, -0.2) is 0 Å². The van der Waals surface area contributed by atoms with Crippen LogP contribution in [-0.4, -0.2) is 30.2 Å². The summed E-state index contributed by atoms with van der Waals surface area (Å²) in [5.41, 5.74) is 6.22. The van der Waals surface area contributed by atoms with Gasteiger partial charge < -0.3 is 15.6 Å². The van der Waals surface area contributed by atoms with Crippen molar-refractivity contribution in [1.29, 1.82) is 5.41 Å². The van der Waals surface area contributed by atoms with Crippen molar-refractivity contribution in [3.63, 3.8) is 0 Å². The molecular weight excluding hydrogens is 521 g/mol. The summed E-state index contributed by atoms with van der Waals surface area (Å²) in [4.78, 5) is 4.92. The Kier molecular flexibility index (Phi) is 8.55. The molecule has 1 aliphatic heterocycles. The smallest absolute Gasteiger partial charge is 0.355 e. The summed E-state index contributed by atoms with van der Waals surface area (Å²) >= 11 is 0. The standard InChI is InChI=1S/C34H39F3N4/c1-23-7-4-5-10-33(23)41(22-26-11-12-26)25(3)28-15-17-40(18-16-28)21-27-13-14-32(31(19-27)24(2)38)39-30-9-6-8-29(20-30)34(35,36)37/h4-10,13-14,19-20,26,28,38-39H,3,11-12,15-18,21-22H2,1-2H3. The van der Waals surface area contributed by atoms with Crippen LogP contribution in [0.2, 0.25) is 0 Å². The molecule has 1 saturated heterocycles. The van der Waals surface area contributed by atoms with Crippen LogP contribution < -0.4 is 10.2 Å². The Hall–Kier alpha value is -3.58.